The highest BCUT2D eigenvalue weighted by Crippen LogP contribution is 2.50. The van der Waals surface area contributed by atoms with Crippen LogP contribution in [0.15, 0.2) is 23.1 Å². The van der Waals surface area contributed by atoms with E-state index in [1.807, 2.05) is 11.8 Å². The van der Waals surface area contributed by atoms with Crippen molar-refractivity contribution in [3.05, 3.63) is 29.3 Å². The molecule has 0 radical (unpaired) electrons. The summed E-state index contributed by atoms with van der Waals surface area (Å²) < 4.78 is 11.6. The number of carbonyl (C=O) groups excluding carboxylic acids is 3. The number of pyridine rings is 1. The number of morpholine rings is 1. The first-order valence-corrected chi connectivity index (χ1v) is 11.0. The Morgan fingerprint density at radius 1 is 1.18 bits per heavy atom. The van der Waals surface area contributed by atoms with Crippen molar-refractivity contribution in [1.29, 1.82) is 0 Å². The summed E-state index contributed by atoms with van der Waals surface area (Å²) in [5.74, 6) is -1.41. The molecule has 1 spiro atoms. The molecule has 3 aliphatic rings. The maximum atomic E-state index is 13.3. The number of halogens is 1. The maximum absolute atomic E-state index is 13.3. The van der Waals surface area contributed by atoms with Gasteiger partial charge in [-0.3, -0.25) is 30.2 Å². The maximum Gasteiger partial charge on any atom is 0.328 e. The molecular weight excluding hydrogens is 466 g/mol. The molecule has 3 aromatic heterocycles. The minimum absolute atomic E-state index is 0.0999. The minimum atomic E-state index is -1.66. The molecule has 3 aromatic rings. The van der Waals surface area contributed by atoms with Crippen molar-refractivity contribution in [3.8, 4) is 11.4 Å². The number of imide groups is 2. The number of barbiturate groups is 1. The molecule has 3 aliphatic heterocycles. The molecule has 0 aromatic carbocycles. The van der Waals surface area contributed by atoms with Crippen LogP contribution in [-0.2, 0) is 20.7 Å². The Morgan fingerprint density at radius 2 is 1.94 bits per heavy atom. The van der Waals surface area contributed by atoms with E-state index >= 15 is 0 Å². The summed E-state index contributed by atoms with van der Waals surface area (Å²) in [6.07, 6.45) is 3.71. The highest BCUT2D eigenvalue weighted by molar-refractivity contribution is 6.38. The van der Waals surface area contributed by atoms with Crippen LogP contribution < -0.4 is 15.5 Å². The topological polar surface area (TPSA) is 152 Å². The number of anilines is 1. The smallest absolute Gasteiger partial charge is 0.328 e. The van der Waals surface area contributed by atoms with Gasteiger partial charge in [0.2, 0.25) is 17.4 Å². The molecule has 34 heavy (non-hydrogen) atoms. The van der Waals surface area contributed by atoms with Crippen LogP contribution >= 0.6 is 11.6 Å². The predicted octanol–water partition coefficient (Wildman–Crippen LogP) is 1.22. The van der Waals surface area contributed by atoms with Crippen molar-refractivity contribution in [2.45, 2.75) is 38.5 Å². The number of aromatic nitrogens is 4. The fourth-order valence-corrected chi connectivity index (χ4v) is 5.69. The molecule has 3 atom stereocenters. The summed E-state index contributed by atoms with van der Waals surface area (Å²) in [6.45, 7) is 4.02. The Morgan fingerprint density at radius 3 is 2.65 bits per heavy atom. The molecule has 0 aliphatic carbocycles. The molecule has 12 nitrogen and oxygen atoms in total. The highest BCUT2D eigenvalue weighted by atomic mass is 35.5. The average Bonchev–Trinajstić information content (AvgIpc) is 3.21. The monoisotopic (exact) mass is 483 g/mol. The molecule has 13 heteroatoms. The molecule has 0 bridgehead atoms. The van der Waals surface area contributed by atoms with Gasteiger partial charge in [0.25, 0.3) is 0 Å². The highest BCUT2D eigenvalue weighted by Gasteiger charge is 2.63. The van der Waals surface area contributed by atoms with Crippen LogP contribution in [0.5, 0.6) is 0 Å². The molecule has 0 saturated carbocycles. The zero-order valence-corrected chi connectivity index (χ0v) is 18.8. The van der Waals surface area contributed by atoms with Gasteiger partial charge in [0.15, 0.2) is 11.1 Å². The molecule has 2 N–H and O–H groups in total. The number of hydrogen-bond acceptors (Lipinski definition) is 10. The first kappa shape index (κ1) is 20.9. The van der Waals surface area contributed by atoms with Gasteiger partial charge in [0.1, 0.15) is 16.2 Å². The third-order valence-corrected chi connectivity index (χ3v) is 6.94. The van der Waals surface area contributed by atoms with Crippen LogP contribution in [0.1, 0.15) is 19.5 Å². The van der Waals surface area contributed by atoms with Crippen molar-refractivity contribution < 1.29 is 23.6 Å². The quantitative estimate of drug-likeness (QED) is 0.483. The number of fused-ring (bicyclic) bond motifs is 5. The van der Waals surface area contributed by atoms with E-state index < -0.39 is 35.4 Å². The van der Waals surface area contributed by atoms with Gasteiger partial charge < -0.3 is 14.2 Å². The summed E-state index contributed by atoms with van der Waals surface area (Å²) >= 11 is 6.85. The Labute approximate surface area is 197 Å². The lowest BCUT2D eigenvalue weighted by Gasteiger charge is -2.55. The first-order valence-electron chi connectivity index (χ1n) is 10.6. The zero-order chi connectivity index (χ0) is 23.8. The summed E-state index contributed by atoms with van der Waals surface area (Å²) in [4.78, 5) is 53.4. The third-order valence-electron chi connectivity index (χ3n) is 6.58. The molecule has 2 saturated heterocycles. The van der Waals surface area contributed by atoms with Crippen LogP contribution in [0.25, 0.3) is 22.5 Å². The van der Waals surface area contributed by atoms with E-state index in [0.717, 1.165) is 0 Å². The molecule has 2 fully saturated rings. The number of nitrogens with zero attached hydrogens (tertiary/aromatic N) is 5. The van der Waals surface area contributed by atoms with Gasteiger partial charge >= 0.3 is 6.03 Å². The second-order valence-corrected chi connectivity index (χ2v) is 9.03. The predicted molar refractivity (Wildman–Crippen MR) is 117 cm³/mol. The summed E-state index contributed by atoms with van der Waals surface area (Å²) in [7, 11) is 0. The standard InChI is InChI=1S/C21H18ClN7O5/c1-8-7-29-15-10(5-21(17(29)9(2)33-8)18(30)26-20(32)27-19(21)31)25-14-13(11-6-23-3-4-24-11)28-34-16(14)12(15)22/h3-4,6,8-9,17H,5,7H2,1-2H3,(H2,26,27,30,31,32)/t8-,9+,17-/m1/s1. The van der Waals surface area contributed by atoms with Crippen molar-refractivity contribution >= 4 is 46.2 Å². The number of nitrogens with one attached hydrogen (secondary N) is 2. The van der Waals surface area contributed by atoms with Crippen LogP contribution in [-0.4, -0.2) is 62.7 Å². The van der Waals surface area contributed by atoms with Gasteiger partial charge in [-0.1, -0.05) is 16.8 Å². The number of ether oxygens (including phenoxy) is 1. The number of rotatable bonds is 1. The van der Waals surface area contributed by atoms with Gasteiger partial charge in [0, 0.05) is 25.4 Å². The molecule has 6 rings (SSSR count). The fraction of sp³-hybridized carbons (Fsp3) is 0.381. The fourth-order valence-electron chi connectivity index (χ4n) is 5.35. The van der Waals surface area contributed by atoms with Crippen molar-refractivity contribution in [3.63, 3.8) is 0 Å². The molecule has 174 valence electrons. The number of hydrogen-bond donors (Lipinski definition) is 2. The second kappa shape index (κ2) is 7.18. The van der Waals surface area contributed by atoms with Gasteiger partial charge in [-0.15, -0.1) is 0 Å². The molecule has 0 unspecified atom stereocenters. The zero-order valence-electron chi connectivity index (χ0n) is 18.0. The molecule has 6 heterocycles. The Bertz CT molecular complexity index is 1360. The SMILES string of the molecule is C[C@@H]1CN2c3c(nc4c(-c5cnccn5)noc4c3Cl)CC3(C(=O)NC(=O)NC3=O)[C@H]2[C@H](C)O1. The number of amides is 4. The van der Waals surface area contributed by atoms with E-state index in [9.17, 15) is 14.4 Å². The Balaban J connectivity index is 1.61. The Kier molecular flexibility index (Phi) is 4.42. The van der Waals surface area contributed by atoms with Crippen molar-refractivity contribution in [2.24, 2.45) is 5.41 Å². The van der Waals surface area contributed by atoms with Crippen LogP contribution in [0, 0.1) is 5.41 Å². The molecular formula is C21H18ClN7O5. The largest absolute Gasteiger partial charge is 0.372 e. The normalized spacial score (nSPS) is 25.7. The Hall–Kier alpha value is -3.64. The van der Waals surface area contributed by atoms with E-state index in [4.69, 9.17) is 25.8 Å². The minimum Gasteiger partial charge on any atom is -0.372 e. The van der Waals surface area contributed by atoms with Gasteiger partial charge in [0.05, 0.1) is 35.8 Å². The van der Waals surface area contributed by atoms with E-state index in [-0.39, 0.29) is 23.1 Å². The molecule has 4 amide bonds. The van der Waals surface area contributed by atoms with Gasteiger partial charge in [-0.2, -0.15) is 0 Å². The lowest BCUT2D eigenvalue weighted by molar-refractivity contribution is -0.153. The third kappa shape index (κ3) is 2.72. The van der Waals surface area contributed by atoms with E-state index in [2.05, 4.69) is 25.8 Å². The van der Waals surface area contributed by atoms with Gasteiger partial charge in [-0.05, 0) is 13.8 Å². The van der Waals surface area contributed by atoms with Crippen LogP contribution in [0.4, 0.5) is 10.5 Å². The summed E-state index contributed by atoms with van der Waals surface area (Å²) in [5.41, 5.74) is 0.652. The lowest BCUT2D eigenvalue weighted by Crippen LogP contribution is -2.75. The van der Waals surface area contributed by atoms with E-state index in [1.54, 1.807) is 6.92 Å². The van der Waals surface area contributed by atoms with Crippen molar-refractivity contribution in [2.75, 3.05) is 11.4 Å². The van der Waals surface area contributed by atoms with E-state index in [1.165, 1.54) is 18.6 Å². The van der Waals surface area contributed by atoms with Crippen molar-refractivity contribution in [1.82, 2.24) is 30.7 Å². The summed E-state index contributed by atoms with van der Waals surface area (Å²) in [5, 5.41) is 8.86. The number of carbonyl (C=O) groups is 3. The van der Waals surface area contributed by atoms with E-state index in [0.29, 0.717) is 34.8 Å². The lowest BCUT2D eigenvalue weighted by atomic mass is 9.67. The number of urea groups is 1. The van der Waals surface area contributed by atoms with Crippen LogP contribution in [0.3, 0.4) is 0 Å². The van der Waals surface area contributed by atoms with Crippen LogP contribution in [0.2, 0.25) is 5.02 Å². The second-order valence-electron chi connectivity index (χ2n) is 8.66. The first-order chi connectivity index (χ1) is 16.3. The average molecular weight is 484 g/mol. The van der Waals surface area contributed by atoms with Gasteiger partial charge in [-0.25, -0.2) is 9.78 Å². The summed E-state index contributed by atoms with van der Waals surface area (Å²) in [6, 6.07) is -1.59.